The normalized spacial score (nSPS) is 14.8. The third kappa shape index (κ3) is 2.95. The van der Waals surface area contributed by atoms with Gasteiger partial charge in [0.1, 0.15) is 10.8 Å². The molecule has 0 amide bonds. The molecular weight excluding hydrogens is 339 g/mol. The molecule has 1 saturated carbocycles. The first kappa shape index (κ1) is 14.2. The molecule has 1 aromatic heterocycles. The first-order valence-electron chi connectivity index (χ1n) is 6.84. The first-order valence-corrected chi connectivity index (χ1v) is 8.45. The number of halogens is 2. The lowest BCUT2D eigenvalue weighted by molar-refractivity contribution is 0.630. The molecule has 0 saturated heterocycles. The summed E-state index contributed by atoms with van der Waals surface area (Å²) in [5.41, 5.74) is 1.77. The van der Waals surface area contributed by atoms with E-state index in [9.17, 15) is 4.39 Å². The van der Waals surface area contributed by atoms with Gasteiger partial charge >= 0.3 is 0 Å². The van der Waals surface area contributed by atoms with Crippen molar-refractivity contribution in [1.29, 1.82) is 0 Å². The van der Waals surface area contributed by atoms with Crippen LogP contribution in [0.1, 0.15) is 36.3 Å². The third-order valence-corrected chi connectivity index (χ3v) is 4.99. The number of nitrogens with zero attached hydrogens (tertiary/aromatic N) is 1. The summed E-state index contributed by atoms with van der Waals surface area (Å²) < 4.78 is 14.8. The number of aromatic nitrogens is 1. The molecule has 5 heteroatoms. The Morgan fingerprint density at radius 3 is 2.90 bits per heavy atom. The predicted octanol–water partition coefficient (Wildman–Crippen LogP) is 4.70. The topological polar surface area (TPSA) is 24.9 Å². The summed E-state index contributed by atoms with van der Waals surface area (Å²) in [4.78, 5) is 5.97. The molecule has 2 aromatic rings. The van der Waals surface area contributed by atoms with Gasteiger partial charge in [0.15, 0.2) is 0 Å². The van der Waals surface area contributed by atoms with Crippen LogP contribution in [0.15, 0.2) is 22.7 Å². The third-order valence-electron chi connectivity index (χ3n) is 3.39. The molecule has 0 unspecified atom stereocenters. The number of nitrogens with one attached hydrogen (secondary N) is 1. The molecule has 106 valence electrons. The maximum absolute atomic E-state index is 14.1. The van der Waals surface area contributed by atoms with Crippen molar-refractivity contribution >= 4 is 27.3 Å². The molecule has 1 N–H and O–H groups in total. The van der Waals surface area contributed by atoms with Crippen molar-refractivity contribution in [2.45, 2.75) is 32.2 Å². The minimum atomic E-state index is -0.217. The Bertz CT molecular complexity index is 622. The number of hydrogen-bond acceptors (Lipinski definition) is 3. The second-order valence-corrected chi connectivity index (χ2v) is 7.01. The van der Waals surface area contributed by atoms with E-state index >= 15 is 0 Å². The summed E-state index contributed by atoms with van der Waals surface area (Å²) in [5, 5.41) is 4.14. The van der Waals surface area contributed by atoms with E-state index in [1.165, 1.54) is 29.5 Å². The highest BCUT2D eigenvalue weighted by atomic mass is 79.9. The minimum absolute atomic E-state index is 0.217. The molecule has 3 rings (SSSR count). The van der Waals surface area contributed by atoms with E-state index in [2.05, 4.69) is 28.2 Å². The van der Waals surface area contributed by atoms with Crippen LogP contribution in [0.2, 0.25) is 0 Å². The monoisotopic (exact) mass is 354 g/mol. The molecule has 0 atom stereocenters. The van der Waals surface area contributed by atoms with Gasteiger partial charge in [0.25, 0.3) is 0 Å². The molecule has 0 bridgehead atoms. The summed E-state index contributed by atoms with van der Waals surface area (Å²) in [6, 6.07) is 5.16. The quantitative estimate of drug-likeness (QED) is 0.841. The van der Waals surface area contributed by atoms with E-state index in [1.54, 1.807) is 17.4 Å². The van der Waals surface area contributed by atoms with Crippen LogP contribution in [0.5, 0.6) is 0 Å². The zero-order chi connectivity index (χ0) is 14.1. The zero-order valence-corrected chi connectivity index (χ0v) is 13.7. The van der Waals surface area contributed by atoms with Crippen LogP contribution in [0.3, 0.4) is 0 Å². The first-order chi connectivity index (χ1) is 9.69. The lowest BCUT2D eigenvalue weighted by Crippen LogP contribution is -2.11. The Labute approximate surface area is 130 Å². The second kappa shape index (κ2) is 5.92. The molecule has 1 heterocycles. The van der Waals surface area contributed by atoms with Crippen LogP contribution < -0.4 is 5.32 Å². The van der Waals surface area contributed by atoms with Gasteiger partial charge in [-0.05, 0) is 37.6 Å². The molecule has 1 aliphatic rings. The maximum atomic E-state index is 14.1. The fourth-order valence-corrected chi connectivity index (χ4v) is 3.66. The fourth-order valence-electron chi connectivity index (χ4n) is 2.18. The zero-order valence-electron chi connectivity index (χ0n) is 11.2. The number of rotatable bonds is 5. The van der Waals surface area contributed by atoms with E-state index in [0.29, 0.717) is 11.5 Å². The summed E-state index contributed by atoms with van der Waals surface area (Å²) in [6.45, 7) is 3.86. The van der Waals surface area contributed by atoms with Gasteiger partial charge < -0.3 is 5.32 Å². The van der Waals surface area contributed by atoms with Crippen molar-refractivity contribution in [3.8, 4) is 10.6 Å². The van der Waals surface area contributed by atoms with Crippen molar-refractivity contribution in [2.24, 2.45) is 0 Å². The SMILES string of the molecule is CCNCc1sc(-c2ccc(Br)cc2F)nc1C1CC1. The molecule has 1 aromatic carbocycles. The van der Waals surface area contributed by atoms with Gasteiger partial charge in [0.2, 0.25) is 0 Å². The van der Waals surface area contributed by atoms with Crippen LogP contribution in [-0.4, -0.2) is 11.5 Å². The van der Waals surface area contributed by atoms with Gasteiger partial charge in [-0.1, -0.05) is 22.9 Å². The van der Waals surface area contributed by atoms with Crippen LogP contribution in [0.4, 0.5) is 4.39 Å². The van der Waals surface area contributed by atoms with Crippen LogP contribution >= 0.6 is 27.3 Å². The second-order valence-electron chi connectivity index (χ2n) is 5.01. The van der Waals surface area contributed by atoms with E-state index < -0.39 is 0 Å². The van der Waals surface area contributed by atoms with Crippen molar-refractivity contribution in [1.82, 2.24) is 10.3 Å². The van der Waals surface area contributed by atoms with Crippen molar-refractivity contribution in [2.75, 3.05) is 6.54 Å². The highest BCUT2D eigenvalue weighted by molar-refractivity contribution is 9.10. The van der Waals surface area contributed by atoms with Gasteiger partial charge in [-0.2, -0.15) is 0 Å². The Hall–Kier alpha value is -0.780. The Balaban J connectivity index is 1.96. The molecule has 1 fully saturated rings. The lowest BCUT2D eigenvalue weighted by Gasteiger charge is -2.00. The minimum Gasteiger partial charge on any atom is -0.312 e. The Morgan fingerprint density at radius 1 is 1.45 bits per heavy atom. The summed E-state index contributed by atoms with van der Waals surface area (Å²) >= 11 is 4.90. The molecule has 1 aliphatic carbocycles. The van der Waals surface area contributed by atoms with Gasteiger partial charge in [-0.3, -0.25) is 0 Å². The summed E-state index contributed by atoms with van der Waals surface area (Å²) in [6.07, 6.45) is 2.43. The van der Waals surface area contributed by atoms with Crippen LogP contribution in [0, 0.1) is 5.82 Å². The largest absolute Gasteiger partial charge is 0.312 e. The van der Waals surface area contributed by atoms with Crippen LogP contribution in [-0.2, 0) is 6.54 Å². The number of thiazole rings is 1. The van der Waals surface area contributed by atoms with Gasteiger partial charge in [-0.25, -0.2) is 9.37 Å². The fraction of sp³-hybridized carbons (Fsp3) is 0.400. The van der Waals surface area contributed by atoms with E-state index in [-0.39, 0.29) is 5.82 Å². The van der Waals surface area contributed by atoms with Gasteiger partial charge in [0.05, 0.1) is 5.69 Å². The Kier molecular flexibility index (Phi) is 4.19. The number of benzene rings is 1. The molecule has 0 radical (unpaired) electrons. The van der Waals surface area contributed by atoms with Crippen molar-refractivity contribution < 1.29 is 4.39 Å². The highest BCUT2D eigenvalue weighted by Gasteiger charge is 2.30. The van der Waals surface area contributed by atoms with E-state index in [1.807, 2.05) is 6.07 Å². The average molecular weight is 355 g/mol. The molecule has 2 nitrogen and oxygen atoms in total. The molecule has 20 heavy (non-hydrogen) atoms. The summed E-state index contributed by atoms with van der Waals surface area (Å²) in [7, 11) is 0. The predicted molar refractivity (Wildman–Crippen MR) is 84.6 cm³/mol. The summed E-state index contributed by atoms with van der Waals surface area (Å²) in [5.74, 6) is 0.373. The Morgan fingerprint density at radius 2 is 2.25 bits per heavy atom. The van der Waals surface area contributed by atoms with E-state index in [4.69, 9.17) is 4.98 Å². The molecule has 0 spiro atoms. The smallest absolute Gasteiger partial charge is 0.134 e. The van der Waals surface area contributed by atoms with Crippen molar-refractivity contribution in [3.63, 3.8) is 0 Å². The number of hydrogen-bond donors (Lipinski definition) is 1. The average Bonchev–Trinajstić information content (AvgIpc) is 3.18. The standard InChI is InChI=1S/C15H16BrFN2S/c1-2-18-8-13-14(9-3-4-9)19-15(20-13)11-6-5-10(16)7-12(11)17/h5-7,9,18H,2-4,8H2,1H3. The lowest BCUT2D eigenvalue weighted by atomic mass is 10.2. The maximum Gasteiger partial charge on any atom is 0.134 e. The van der Waals surface area contributed by atoms with Crippen molar-refractivity contribution in [3.05, 3.63) is 39.1 Å². The molecular formula is C15H16BrFN2S. The highest BCUT2D eigenvalue weighted by Crippen LogP contribution is 2.44. The van der Waals surface area contributed by atoms with E-state index in [0.717, 1.165) is 22.6 Å². The molecule has 0 aliphatic heterocycles. The van der Waals surface area contributed by atoms with Crippen LogP contribution in [0.25, 0.3) is 10.6 Å². The van der Waals surface area contributed by atoms with Gasteiger partial charge in [-0.15, -0.1) is 11.3 Å². The van der Waals surface area contributed by atoms with Gasteiger partial charge in [0, 0.05) is 27.4 Å².